The molecule has 23 heavy (non-hydrogen) atoms. The number of rotatable bonds is 3. The van der Waals surface area contributed by atoms with Crippen molar-refractivity contribution in [3.8, 4) is 16.9 Å². The molecule has 0 amide bonds. The van der Waals surface area contributed by atoms with Crippen molar-refractivity contribution in [1.29, 1.82) is 0 Å². The lowest BCUT2D eigenvalue weighted by Crippen LogP contribution is -2.23. The topological polar surface area (TPSA) is 42.1 Å². The monoisotopic (exact) mass is 307 g/mol. The van der Waals surface area contributed by atoms with Gasteiger partial charge in [-0.15, -0.1) is 0 Å². The van der Waals surface area contributed by atoms with Gasteiger partial charge in [0.05, 0.1) is 0 Å². The Kier molecular flexibility index (Phi) is 3.72. The van der Waals surface area contributed by atoms with Crippen molar-refractivity contribution in [3.63, 3.8) is 0 Å². The number of benzene rings is 2. The number of carbonyl (C=O) groups is 1. The number of aromatic nitrogens is 1. The molecule has 3 rings (SSSR count). The lowest BCUT2D eigenvalue weighted by atomic mass is 9.98. The van der Waals surface area contributed by atoms with Crippen LogP contribution in [0.3, 0.4) is 0 Å². The Balaban J connectivity index is 2.18. The molecule has 2 aromatic carbocycles. The number of nitrogens with one attached hydrogen (secondary N) is 1. The maximum atomic E-state index is 11.9. The minimum atomic E-state index is -0.313. The van der Waals surface area contributed by atoms with E-state index in [1.54, 1.807) is 6.92 Å². The zero-order valence-corrected chi connectivity index (χ0v) is 13.9. The largest absolute Gasteiger partial charge is 0.488 e. The van der Waals surface area contributed by atoms with Gasteiger partial charge < -0.3 is 9.72 Å². The van der Waals surface area contributed by atoms with Crippen molar-refractivity contribution in [2.45, 2.75) is 33.3 Å². The van der Waals surface area contributed by atoms with Crippen LogP contribution < -0.4 is 4.74 Å². The summed E-state index contributed by atoms with van der Waals surface area (Å²) < 4.78 is 5.99. The van der Waals surface area contributed by atoms with E-state index in [4.69, 9.17) is 4.74 Å². The van der Waals surface area contributed by atoms with E-state index >= 15 is 0 Å². The zero-order valence-electron chi connectivity index (χ0n) is 13.9. The Morgan fingerprint density at radius 2 is 1.87 bits per heavy atom. The molecule has 0 radical (unpaired) electrons. The van der Waals surface area contributed by atoms with E-state index in [2.05, 4.69) is 17.1 Å². The lowest BCUT2D eigenvalue weighted by Gasteiger charge is -2.22. The minimum absolute atomic E-state index is 0.0341. The Labute approximate surface area is 136 Å². The molecule has 0 spiro atoms. The minimum Gasteiger partial charge on any atom is -0.488 e. The molecule has 0 fully saturated rings. The average Bonchev–Trinajstić information content (AvgIpc) is 2.93. The molecule has 1 N–H and O–H groups in total. The smallest absolute Gasteiger partial charge is 0.159 e. The second-order valence-corrected chi connectivity index (χ2v) is 6.76. The van der Waals surface area contributed by atoms with Crippen LogP contribution in [0.25, 0.3) is 22.0 Å². The predicted molar refractivity (Wildman–Crippen MR) is 94.1 cm³/mol. The van der Waals surface area contributed by atoms with Crippen LogP contribution in [-0.4, -0.2) is 16.4 Å². The molecule has 0 aliphatic rings. The molecule has 0 saturated heterocycles. The fourth-order valence-electron chi connectivity index (χ4n) is 2.71. The van der Waals surface area contributed by atoms with E-state index in [0.717, 1.165) is 22.0 Å². The predicted octanol–water partition coefficient (Wildman–Crippen LogP) is 5.21. The summed E-state index contributed by atoms with van der Waals surface area (Å²) in [6, 6.07) is 13.9. The van der Waals surface area contributed by atoms with Gasteiger partial charge in [0, 0.05) is 22.7 Å². The molecule has 0 saturated carbocycles. The summed E-state index contributed by atoms with van der Waals surface area (Å²) in [7, 11) is 0. The molecule has 3 aromatic rings. The number of H-pyrrole nitrogens is 1. The number of ether oxygens (including phenoxy) is 1. The van der Waals surface area contributed by atoms with E-state index in [1.807, 2.05) is 57.3 Å². The highest BCUT2D eigenvalue weighted by atomic mass is 16.5. The van der Waals surface area contributed by atoms with Crippen LogP contribution >= 0.6 is 0 Å². The van der Waals surface area contributed by atoms with Crippen LogP contribution in [0.15, 0.2) is 48.7 Å². The molecule has 0 atom stereocenters. The number of carbonyl (C=O) groups excluding carboxylic acids is 1. The summed E-state index contributed by atoms with van der Waals surface area (Å²) in [5.74, 6) is 0.750. The van der Waals surface area contributed by atoms with Crippen LogP contribution in [0.5, 0.6) is 5.75 Å². The van der Waals surface area contributed by atoms with Crippen LogP contribution in [0, 0.1) is 0 Å². The van der Waals surface area contributed by atoms with Crippen molar-refractivity contribution in [2.24, 2.45) is 0 Å². The van der Waals surface area contributed by atoms with Crippen LogP contribution in [0.2, 0.25) is 0 Å². The third-order valence-corrected chi connectivity index (χ3v) is 3.64. The first-order valence-electron chi connectivity index (χ1n) is 7.75. The maximum absolute atomic E-state index is 11.9. The summed E-state index contributed by atoms with van der Waals surface area (Å²) in [5, 5.41) is 1.13. The normalized spacial score (nSPS) is 11.7. The molecule has 0 unspecified atom stereocenters. The van der Waals surface area contributed by atoms with E-state index in [-0.39, 0.29) is 11.4 Å². The zero-order chi connectivity index (χ0) is 16.6. The Morgan fingerprint density at radius 1 is 1.09 bits per heavy atom. The standard InChI is InChI=1S/C20H21NO2/c1-13(22)14-10-15(12-16(11-14)23-20(2,3)4)17-6-5-7-19-18(17)8-9-21-19/h5-12,21H,1-4H3. The summed E-state index contributed by atoms with van der Waals surface area (Å²) in [5.41, 5.74) is 3.50. The van der Waals surface area contributed by atoms with Crippen LogP contribution in [-0.2, 0) is 0 Å². The second kappa shape index (κ2) is 5.58. The number of Topliss-reactive ketones (excluding diaryl/α,β-unsaturated/α-hetero) is 1. The van der Waals surface area contributed by atoms with Gasteiger partial charge in [0.1, 0.15) is 11.4 Å². The molecule has 0 aliphatic carbocycles. The van der Waals surface area contributed by atoms with E-state index in [0.29, 0.717) is 11.3 Å². The van der Waals surface area contributed by atoms with Gasteiger partial charge in [-0.25, -0.2) is 0 Å². The van der Waals surface area contributed by atoms with Gasteiger partial charge in [-0.3, -0.25) is 4.79 Å². The van der Waals surface area contributed by atoms with Crippen molar-refractivity contribution in [1.82, 2.24) is 4.98 Å². The van der Waals surface area contributed by atoms with Crippen molar-refractivity contribution in [2.75, 3.05) is 0 Å². The molecule has 1 aromatic heterocycles. The molecule has 0 bridgehead atoms. The first kappa shape index (κ1) is 15.3. The fourth-order valence-corrected chi connectivity index (χ4v) is 2.71. The Bertz CT molecular complexity index is 869. The Hall–Kier alpha value is -2.55. The van der Waals surface area contributed by atoms with Gasteiger partial charge in [0.15, 0.2) is 5.78 Å². The number of fused-ring (bicyclic) bond motifs is 1. The molecule has 3 nitrogen and oxygen atoms in total. The maximum Gasteiger partial charge on any atom is 0.159 e. The van der Waals surface area contributed by atoms with Crippen LogP contribution in [0.1, 0.15) is 38.1 Å². The van der Waals surface area contributed by atoms with E-state index in [9.17, 15) is 4.79 Å². The highest BCUT2D eigenvalue weighted by Crippen LogP contribution is 2.32. The molecule has 3 heteroatoms. The molecule has 118 valence electrons. The summed E-state index contributed by atoms with van der Waals surface area (Å²) >= 11 is 0. The first-order valence-corrected chi connectivity index (χ1v) is 7.75. The van der Waals surface area contributed by atoms with Crippen molar-refractivity contribution >= 4 is 16.7 Å². The SMILES string of the molecule is CC(=O)c1cc(OC(C)(C)C)cc(-c2cccc3[nH]ccc23)c1. The van der Waals surface area contributed by atoms with Gasteiger partial charge in [0.2, 0.25) is 0 Å². The Morgan fingerprint density at radius 3 is 2.57 bits per heavy atom. The van der Waals surface area contributed by atoms with E-state index < -0.39 is 0 Å². The highest BCUT2D eigenvalue weighted by Gasteiger charge is 2.15. The highest BCUT2D eigenvalue weighted by molar-refractivity contribution is 5.99. The lowest BCUT2D eigenvalue weighted by molar-refractivity contribution is 0.101. The summed E-state index contributed by atoms with van der Waals surface area (Å²) in [6.07, 6.45) is 1.93. The van der Waals surface area contributed by atoms with Crippen molar-refractivity contribution in [3.05, 3.63) is 54.2 Å². The van der Waals surface area contributed by atoms with Gasteiger partial charge in [0.25, 0.3) is 0 Å². The molecular formula is C20H21NO2. The summed E-state index contributed by atoms with van der Waals surface area (Å²) in [4.78, 5) is 15.1. The third-order valence-electron chi connectivity index (χ3n) is 3.64. The number of hydrogen-bond donors (Lipinski definition) is 1. The van der Waals surface area contributed by atoms with E-state index in [1.165, 1.54) is 0 Å². The van der Waals surface area contributed by atoms with Gasteiger partial charge in [-0.1, -0.05) is 12.1 Å². The van der Waals surface area contributed by atoms with Crippen LogP contribution in [0.4, 0.5) is 0 Å². The quantitative estimate of drug-likeness (QED) is 0.674. The molecule has 0 aliphatic heterocycles. The number of hydrogen-bond acceptors (Lipinski definition) is 2. The molecule has 1 heterocycles. The van der Waals surface area contributed by atoms with Crippen molar-refractivity contribution < 1.29 is 9.53 Å². The third kappa shape index (κ3) is 3.29. The van der Waals surface area contributed by atoms with Gasteiger partial charge >= 0.3 is 0 Å². The van der Waals surface area contributed by atoms with Gasteiger partial charge in [-0.2, -0.15) is 0 Å². The number of ketones is 1. The average molecular weight is 307 g/mol. The fraction of sp³-hybridized carbons (Fsp3) is 0.250. The van der Waals surface area contributed by atoms with Gasteiger partial charge in [-0.05, 0) is 69.2 Å². The second-order valence-electron chi connectivity index (χ2n) is 6.76. The number of aromatic amines is 1. The first-order chi connectivity index (χ1) is 10.8. The molecular weight excluding hydrogens is 286 g/mol. The summed E-state index contributed by atoms with van der Waals surface area (Å²) in [6.45, 7) is 7.58.